The second-order valence-electron chi connectivity index (χ2n) is 4.69. The van der Waals surface area contributed by atoms with E-state index in [-0.39, 0.29) is 11.8 Å². The lowest BCUT2D eigenvalue weighted by molar-refractivity contribution is -0.127. The fourth-order valence-electron chi connectivity index (χ4n) is 1.75. The average Bonchev–Trinajstić information content (AvgIpc) is 3.35. The molecule has 21 heavy (non-hydrogen) atoms. The van der Waals surface area contributed by atoms with E-state index >= 15 is 0 Å². The van der Waals surface area contributed by atoms with Crippen molar-refractivity contribution in [3.05, 3.63) is 29.8 Å². The Morgan fingerprint density at radius 2 is 1.95 bits per heavy atom. The molecule has 0 aliphatic heterocycles. The minimum Gasteiger partial charge on any atom is -0.497 e. The van der Waals surface area contributed by atoms with Crippen molar-refractivity contribution in [3.63, 3.8) is 0 Å². The van der Waals surface area contributed by atoms with E-state index in [4.69, 9.17) is 9.47 Å². The average molecular weight is 290 g/mol. The molecule has 1 aromatic carbocycles. The van der Waals surface area contributed by atoms with Crippen LogP contribution in [0.5, 0.6) is 11.5 Å². The van der Waals surface area contributed by atoms with Gasteiger partial charge >= 0.3 is 0 Å². The molecule has 0 bridgehead atoms. The Kier molecular flexibility index (Phi) is 4.81. The molecule has 0 saturated heterocycles. The number of hydrogen-bond acceptors (Lipinski definition) is 4. The molecule has 0 radical (unpaired) electrons. The molecule has 0 unspecified atom stereocenters. The Balaban J connectivity index is 1.95. The van der Waals surface area contributed by atoms with Crippen LogP contribution < -0.4 is 20.3 Å². The van der Waals surface area contributed by atoms with Gasteiger partial charge < -0.3 is 9.47 Å². The van der Waals surface area contributed by atoms with Crippen molar-refractivity contribution in [1.82, 2.24) is 10.9 Å². The van der Waals surface area contributed by atoms with E-state index in [1.165, 1.54) is 6.08 Å². The number of hydrazine groups is 1. The first-order chi connectivity index (χ1) is 10.1. The molecule has 112 valence electrons. The molecule has 1 aliphatic rings. The fraction of sp³-hybridized carbons (Fsp3) is 0.333. The van der Waals surface area contributed by atoms with Crippen LogP contribution in [0.3, 0.4) is 0 Å². The van der Waals surface area contributed by atoms with Gasteiger partial charge in [-0.3, -0.25) is 20.4 Å². The van der Waals surface area contributed by atoms with Crippen LogP contribution in [-0.2, 0) is 9.59 Å². The minimum absolute atomic E-state index is 0.0489. The van der Waals surface area contributed by atoms with Gasteiger partial charge in [0.1, 0.15) is 11.5 Å². The molecule has 6 heteroatoms. The number of hydrogen-bond donors (Lipinski definition) is 2. The van der Waals surface area contributed by atoms with Crippen LogP contribution in [0.1, 0.15) is 18.4 Å². The fourth-order valence-corrected chi connectivity index (χ4v) is 1.75. The van der Waals surface area contributed by atoms with Gasteiger partial charge in [0.05, 0.1) is 14.2 Å². The molecule has 0 heterocycles. The van der Waals surface area contributed by atoms with E-state index < -0.39 is 5.91 Å². The minimum atomic E-state index is -0.408. The maximum absolute atomic E-state index is 11.6. The summed E-state index contributed by atoms with van der Waals surface area (Å²) in [5.41, 5.74) is 5.44. The largest absolute Gasteiger partial charge is 0.497 e. The van der Waals surface area contributed by atoms with Gasteiger partial charge in [-0.1, -0.05) is 0 Å². The molecule has 0 spiro atoms. The lowest BCUT2D eigenvalue weighted by atomic mass is 10.1. The summed E-state index contributed by atoms with van der Waals surface area (Å²) in [6.07, 6.45) is 4.70. The molecule has 2 rings (SSSR count). The SMILES string of the molecule is COc1ccc(OC)c(/C=C/C(=O)NNC(=O)C2CC2)c1. The smallest absolute Gasteiger partial charge is 0.262 e. The summed E-state index contributed by atoms with van der Waals surface area (Å²) in [5.74, 6) is 0.789. The van der Waals surface area contributed by atoms with Crippen molar-refractivity contribution in [3.8, 4) is 11.5 Å². The predicted molar refractivity (Wildman–Crippen MR) is 77.6 cm³/mol. The Bertz CT molecular complexity index is 565. The topological polar surface area (TPSA) is 76.7 Å². The number of benzene rings is 1. The molecule has 1 aliphatic carbocycles. The predicted octanol–water partition coefficient (Wildman–Crippen LogP) is 1.27. The Morgan fingerprint density at radius 3 is 2.57 bits per heavy atom. The van der Waals surface area contributed by atoms with E-state index in [2.05, 4.69) is 10.9 Å². The van der Waals surface area contributed by atoms with Gasteiger partial charge in [-0.2, -0.15) is 0 Å². The zero-order valence-corrected chi connectivity index (χ0v) is 12.0. The third-order valence-electron chi connectivity index (χ3n) is 3.11. The van der Waals surface area contributed by atoms with Gasteiger partial charge in [-0.15, -0.1) is 0 Å². The van der Waals surface area contributed by atoms with Crippen molar-refractivity contribution >= 4 is 17.9 Å². The van der Waals surface area contributed by atoms with Crippen molar-refractivity contribution in [2.75, 3.05) is 14.2 Å². The number of ether oxygens (including phenoxy) is 2. The second-order valence-corrected chi connectivity index (χ2v) is 4.69. The van der Waals surface area contributed by atoms with Crippen LogP contribution in [0.4, 0.5) is 0 Å². The van der Waals surface area contributed by atoms with Gasteiger partial charge in [0, 0.05) is 17.6 Å². The normalized spacial score (nSPS) is 13.8. The molecular formula is C15H18N2O4. The Morgan fingerprint density at radius 1 is 1.19 bits per heavy atom. The van der Waals surface area contributed by atoms with Crippen LogP contribution in [0.2, 0.25) is 0 Å². The summed E-state index contributed by atoms with van der Waals surface area (Å²) in [4.78, 5) is 23.0. The van der Waals surface area contributed by atoms with Crippen molar-refractivity contribution < 1.29 is 19.1 Å². The lowest BCUT2D eigenvalue weighted by Gasteiger charge is -2.07. The van der Waals surface area contributed by atoms with Crippen LogP contribution in [0, 0.1) is 5.92 Å². The van der Waals surface area contributed by atoms with E-state index in [0.29, 0.717) is 17.1 Å². The molecule has 0 atom stereocenters. The summed E-state index contributed by atoms with van der Waals surface area (Å²) >= 11 is 0. The summed E-state index contributed by atoms with van der Waals surface area (Å²) in [7, 11) is 3.12. The molecular weight excluding hydrogens is 272 g/mol. The van der Waals surface area contributed by atoms with Gasteiger partial charge in [0.15, 0.2) is 0 Å². The van der Waals surface area contributed by atoms with Gasteiger partial charge in [0.2, 0.25) is 5.91 Å². The van der Waals surface area contributed by atoms with Gasteiger partial charge in [0.25, 0.3) is 5.91 Å². The number of nitrogens with one attached hydrogen (secondary N) is 2. The molecule has 1 saturated carbocycles. The monoisotopic (exact) mass is 290 g/mol. The quantitative estimate of drug-likeness (QED) is 0.632. The third kappa shape index (κ3) is 4.24. The maximum Gasteiger partial charge on any atom is 0.262 e. The summed E-state index contributed by atoms with van der Waals surface area (Å²) < 4.78 is 10.3. The number of methoxy groups -OCH3 is 2. The van der Waals surface area contributed by atoms with Gasteiger partial charge in [-0.05, 0) is 37.1 Å². The molecule has 6 nitrogen and oxygen atoms in total. The first-order valence-electron chi connectivity index (χ1n) is 6.64. The van der Waals surface area contributed by atoms with Crippen molar-refractivity contribution in [2.45, 2.75) is 12.8 Å². The van der Waals surface area contributed by atoms with Crippen LogP contribution in [0.25, 0.3) is 6.08 Å². The summed E-state index contributed by atoms with van der Waals surface area (Å²) in [6, 6.07) is 5.28. The Hall–Kier alpha value is -2.50. The standard InChI is InChI=1S/C15H18N2O4/c1-20-12-6-7-13(21-2)11(9-12)5-8-14(18)16-17-15(19)10-3-4-10/h5-10H,3-4H2,1-2H3,(H,16,18)(H,17,19)/b8-5+. The maximum atomic E-state index is 11.6. The zero-order chi connectivity index (χ0) is 15.2. The molecule has 0 aromatic heterocycles. The Labute approximate surface area is 123 Å². The van der Waals surface area contributed by atoms with E-state index in [1.807, 2.05) is 0 Å². The zero-order valence-electron chi connectivity index (χ0n) is 12.0. The first kappa shape index (κ1) is 14.9. The summed E-state index contributed by atoms with van der Waals surface area (Å²) in [6.45, 7) is 0. The highest BCUT2D eigenvalue weighted by Crippen LogP contribution is 2.28. The molecule has 2 N–H and O–H groups in total. The number of rotatable bonds is 5. The molecule has 1 aromatic rings. The van der Waals surface area contributed by atoms with E-state index in [1.54, 1.807) is 38.5 Å². The highest BCUT2D eigenvalue weighted by molar-refractivity contribution is 5.94. The number of amides is 2. The molecule has 2 amide bonds. The second kappa shape index (κ2) is 6.78. The highest BCUT2D eigenvalue weighted by Gasteiger charge is 2.29. The van der Waals surface area contributed by atoms with Crippen LogP contribution >= 0.6 is 0 Å². The van der Waals surface area contributed by atoms with E-state index in [9.17, 15) is 9.59 Å². The third-order valence-corrected chi connectivity index (χ3v) is 3.11. The molecule has 1 fully saturated rings. The van der Waals surface area contributed by atoms with E-state index in [0.717, 1.165) is 12.8 Å². The number of carbonyl (C=O) groups is 2. The lowest BCUT2D eigenvalue weighted by Crippen LogP contribution is -2.41. The number of carbonyl (C=O) groups excluding carboxylic acids is 2. The first-order valence-corrected chi connectivity index (χ1v) is 6.64. The highest BCUT2D eigenvalue weighted by atomic mass is 16.5. The van der Waals surface area contributed by atoms with Gasteiger partial charge in [-0.25, -0.2) is 0 Å². The van der Waals surface area contributed by atoms with Crippen molar-refractivity contribution in [2.24, 2.45) is 5.92 Å². The summed E-state index contributed by atoms with van der Waals surface area (Å²) in [5, 5.41) is 0. The van der Waals surface area contributed by atoms with Crippen LogP contribution in [0.15, 0.2) is 24.3 Å². The van der Waals surface area contributed by atoms with Crippen molar-refractivity contribution in [1.29, 1.82) is 0 Å². The van der Waals surface area contributed by atoms with Crippen LogP contribution in [-0.4, -0.2) is 26.0 Å².